The third-order valence-electron chi connectivity index (χ3n) is 4.76. The molecule has 0 saturated heterocycles. The first-order valence-electron chi connectivity index (χ1n) is 12.3. The number of hydrogen-bond acceptors (Lipinski definition) is 11. The van der Waals surface area contributed by atoms with Crippen molar-refractivity contribution in [3.05, 3.63) is 18.2 Å². The van der Waals surface area contributed by atoms with Crippen LogP contribution in [0.1, 0.15) is 69.2 Å². The first kappa shape index (κ1) is 32.3. The summed E-state index contributed by atoms with van der Waals surface area (Å²) in [5.74, 6) is 0.540. The van der Waals surface area contributed by atoms with Crippen LogP contribution in [-0.4, -0.2) is 66.5 Å². The van der Waals surface area contributed by atoms with E-state index in [0.29, 0.717) is 11.4 Å². The van der Waals surface area contributed by atoms with E-state index in [1.54, 1.807) is 33.8 Å². The van der Waals surface area contributed by atoms with Crippen molar-refractivity contribution in [3.8, 4) is 5.75 Å². The fourth-order valence-electron chi connectivity index (χ4n) is 3.66. The summed E-state index contributed by atoms with van der Waals surface area (Å²) in [6, 6.07) is 5.43. The number of aliphatic hydroxyl groups excluding tert-OH is 2. The number of ether oxygens (including phenoxy) is 7. The number of rotatable bonds is 17. The van der Waals surface area contributed by atoms with Gasteiger partial charge in [0, 0.05) is 11.8 Å². The van der Waals surface area contributed by atoms with E-state index < -0.39 is 50.2 Å². The molecule has 8 unspecified atom stereocenters. The van der Waals surface area contributed by atoms with Crippen LogP contribution in [0.4, 0.5) is 11.4 Å². The van der Waals surface area contributed by atoms with E-state index in [2.05, 4.69) is 0 Å². The molecule has 1 rings (SSSR count). The molecule has 0 aliphatic rings. The Morgan fingerprint density at radius 1 is 0.639 bits per heavy atom. The summed E-state index contributed by atoms with van der Waals surface area (Å²) in [5, 5.41) is 18.8. The summed E-state index contributed by atoms with van der Waals surface area (Å²) in [6.45, 7) is 17.4. The van der Waals surface area contributed by atoms with E-state index in [1.807, 2.05) is 44.7 Å². The van der Waals surface area contributed by atoms with Crippen LogP contribution in [-0.2, 0) is 28.4 Å². The van der Waals surface area contributed by atoms with E-state index in [0.717, 1.165) is 5.69 Å². The molecule has 0 aliphatic carbocycles. The zero-order valence-corrected chi connectivity index (χ0v) is 23.2. The molecule has 210 valence electrons. The number of anilines is 2. The molecule has 4 N–H and O–H groups in total. The summed E-state index contributed by atoms with van der Waals surface area (Å²) in [7, 11) is 0. The fourth-order valence-corrected chi connectivity index (χ4v) is 3.66. The van der Waals surface area contributed by atoms with E-state index in [4.69, 9.17) is 38.9 Å². The average molecular weight is 519 g/mol. The van der Waals surface area contributed by atoms with Crippen molar-refractivity contribution in [2.45, 2.75) is 126 Å². The summed E-state index contributed by atoms with van der Waals surface area (Å²) in [5.41, 5.74) is 7.37. The van der Waals surface area contributed by atoms with Gasteiger partial charge in [0.25, 0.3) is 0 Å². The smallest absolute Gasteiger partial charge is 0.161 e. The van der Waals surface area contributed by atoms with E-state index in [1.165, 1.54) is 13.8 Å². The van der Waals surface area contributed by atoms with Crippen molar-refractivity contribution >= 4 is 11.4 Å². The maximum absolute atomic E-state index is 9.41. The highest BCUT2D eigenvalue weighted by Gasteiger charge is 2.27. The summed E-state index contributed by atoms with van der Waals surface area (Å²) in [6.07, 6.45) is -5.78. The van der Waals surface area contributed by atoms with Crippen LogP contribution in [0.15, 0.2) is 18.2 Å². The highest BCUT2D eigenvalue weighted by atomic mass is 16.8. The van der Waals surface area contributed by atoms with Gasteiger partial charge in [0.2, 0.25) is 0 Å². The number of hydrogen-bond donors (Lipinski definition) is 3. The summed E-state index contributed by atoms with van der Waals surface area (Å²) < 4.78 is 39.9. The molecule has 0 aliphatic heterocycles. The van der Waals surface area contributed by atoms with Crippen LogP contribution in [0.3, 0.4) is 0 Å². The van der Waals surface area contributed by atoms with Crippen LogP contribution >= 0.6 is 0 Å². The van der Waals surface area contributed by atoms with Gasteiger partial charge in [0.15, 0.2) is 37.7 Å². The molecule has 11 heteroatoms. The van der Waals surface area contributed by atoms with Gasteiger partial charge in [0.05, 0.1) is 11.8 Å². The lowest BCUT2D eigenvalue weighted by Gasteiger charge is -2.38. The molecule has 11 nitrogen and oxygen atoms in total. The van der Waals surface area contributed by atoms with Gasteiger partial charge in [-0.25, -0.2) is 0 Å². The molecule has 0 saturated carbocycles. The van der Waals surface area contributed by atoms with E-state index in [-0.39, 0.29) is 6.10 Å². The van der Waals surface area contributed by atoms with Gasteiger partial charge in [0.1, 0.15) is 18.2 Å². The van der Waals surface area contributed by atoms with Gasteiger partial charge in [-0.3, -0.25) is 0 Å². The van der Waals surface area contributed by atoms with Crippen molar-refractivity contribution < 1.29 is 43.4 Å². The van der Waals surface area contributed by atoms with Crippen LogP contribution in [0.2, 0.25) is 0 Å². The summed E-state index contributed by atoms with van der Waals surface area (Å²) in [4.78, 5) is 1.88. The average Bonchev–Trinajstić information content (AvgIpc) is 2.68. The van der Waals surface area contributed by atoms with Crippen molar-refractivity contribution in [1.82, 2.24) is 0 Å². The molecule has 8 atom stereocenters. The normalized spacial score (nSPS) is 18.7. The molecule has 1 aromatic carbocycles. The first-order chi connectivity index (χ1) is 16.7. The lowest BCUT2D eigenvalue weighted by Crippen LogP contribution is -2.46. The number of benzene rings is 1. The largest absolute Gasteiger partial charge is 0.489 e. The number of aliphatic hydroxyl groups is 2. The number of nitrogens with zero attached hydrogens (tertiary/aromatic N) is 1. The van der Waals surface area contributed by atoms with Gasteiger partial charge in [-0.1, -0.05) is 0 Å². The van der Waals surface area contributed by atoms with E-state index >= 15 is 0 Å². The maximum atomic E-state index is 9.41. The third-order valence-corrected chi connectivity index (χ3v) is 4.76. The molecule has 0 fully saturated rings. The zero-order chi connectivity index (χ0) is 27.6. The molecular weight excluding hydrogens is 472 g/mol. The second kappa shape index (κ2) is 15.5. The van der Waals surface area contributed by atoms with Crippen molar-refractivity contribution in [2.24, 2.45) is 0 Å². The molecule has 0 bridgehead atoms. The Labute approximate surface area is 215 Å². The van der Waals surface area contributed by atoms with Crippen molar-refractivity contribution in [3.63, 3.8) is 0 Å². The minimum atomic E-state index is -0.967. The second-order valence-corrected chi connectivity index (χ2v) is 8.78. The predicted molar refractivity (Wildman–Crippen MR) is 136 cm³/mol. The molecule has 0 aromatic heterocycles. The maximum Gasteiger partial charge on any atom is 0.161 e. The van der Waals surface area contributed by atoms with Gasteiger partial charge >= 0.3 is 0 Å². The minimum absolute atomic E-state index is 0.0639. The molecule has 0 amide bonds. The minimum Gasteiger partial charge on any atom is -0.489 e. The highest BCUT2D eigenvalue weighted by molar-refractivity contribution is 5.62. The Kier molecular flexibility index (Phi) is 13.9. The lowest BCUT2D eigenvalue weighted by atomic mass is 10.2. The standard InChI is InChI=1S/C25H46N2O9/c1-14(2)30-25-13-23(11-12-24(25)26)27(15(3)31-19(7)35-21(9)33-17(5)28)16(4)32-20(8)36-22(10)34-18(6)29/h11-22,28-29H,26H2,1-10H3. The fraction of sp³-hybridized carbons (Fsp3) is 0.760. The van der Waals surface area contributed by atoms with Gasteiger partial charge < -0.3 is 54.0 Å². The van der Waals surface area contributed by atoms with Gasteiger partial charge in [-0.2, -0.15) is 0 Å². The molecule has 1 aromatic rings. The Bertz CT molecular complexity index is 718. The quantitative estimate of drug-likeness (QED) is 0.206. The zero-order valence-electron chi connectivity index (χ0n) is 23.2. The molecule has 0 spiro atoms. The Morgan fingerprint density at radius 2 is 1.06 bits per heavy atom. The van der Waals surface area contributed by atoms with E-state index in [9.17, 15) is 10.2 Å². The Hall–Kier alpha value is -1.70. The van der Waals surface area contributed by atoms with Crippen molar-refractivity contribution in [1.29, 1.82) is 0 Å². The van der Waals surface area contributed by atoms with Crippen LogP contribution < -0.4 is 15.4 Å². The molecule has 0 heterocycles. The predicted octanol–water partition coefficient (Wildman–Crippen LogP) is 3.71. The number of nitrogen functional groups attached to an aromatic ring is 1. The summed E-state index contributed by atoms with van der Waals surface area (Å²) >= 11 is 0. The lowest BCUT2D eigenvalue weighted by molar-refractivity contribution is -0.285. The van der Waals surface area contributed by atoms with Crippen LogP contribution in [0.5, 0.6) is 5.75 Å². The van der Waals surface area contributed by atoms with Gasteiger partial charge in [-0.05, 0) is 81.4 Å². The van der Waals surface area contributed by atoms with Gasteiger partial charge in [-0.15, -0.1) is 0 Å². The molecular formula is C25H46N2O9. The van der Waals surface area contributed by atoms with Crippen molar-refractivity contribution in [2.75, 3.05) is 10.6 Å². The Morgan fingerprint density at radius 3 is 1.44 bits per heavy atom. The molecule has 0 radical (unpaired) electrons. The molecule has 36 heavy (non-hydrogen) atoms. The SMILES string of the molecule is CC(C)Oc1cc(N(C(C)OC(C)OC(C)OC(C)O)C(C)OC(C)OC(C)OC(C)O)ccc1N. The topological polar surface area (TPSA) is 134 Å². The third kappa shape index (κ3) is 12.0. The monoisotopic (exact) mass is 518 g/mol. The first-order valence-corrected chi connectivity index (χ1v) is 12.3. The van der Waals surface area contributed by atoms with Crippen LogP contribution in [0.25, 0.3) is 0 Å². The second-order valence-electron chi connectivity index (χ2n) is 8.78. The Balaban J connectivity index is 3.11. The highest BCUT2D eigenvalue weighted by Crippen LogP contribution is 2.32. The number of nitrogens with two attached hydrogens (primary N) is 1. The van der Waals surface area contributed by atoms with Crippen LogP contribution in [0, 0.1) is 0 Å².